The van der Waals surface area contributed by atoms with Gasteiger partial charge in [0.15, 0.2) is 0 Å². The average Bonchev–Trinajstić information content (AvgIpc) is 2.57. The maximum absolute atomic E-state index is 8.71. The van der Waals surface area contributed by atoms with Gasteiger partial charge >= 0.3 is 0 Å². The average molecular weight is 232 g/mol. The van der Waals surface area contributed by atoms with Crippen molar-refractivity contribution in [3.63, 3.8) is 0 Å². The third kappa shape index (κ3) is 1.68. The summed E-state index contributed by atoms with van der Waals surface area (Å²) >= 11 is 6.07. The van der Waals surface area contributed by atoms with E-state index >= 15 is 0 Å². The summed E-state index contributed by atoms with van der Waals surface area (Å²) in [6.07, 6.45) is 0. The van der Waals surface area contributed by atoms with Crippen LogP contribution in [0.4, 0.5) is 0 Å². The van der Waals surface area contributed by atoms with Crippen molar-refractivity contribution in [3.8, 4) is 11.8 Å². The quantitative estimate of drug-likeness (QED) is 0.757. The second-order valence-corrected chi connectivity index (χ2v) is 3.93. The highest BCUT2D eigenvalue weighted by Gasteiger charge is 2.10. The summed E-state index contributed by atoms with van der Waals surface area (Å²) in [6, 6.07) is 9.32. The van der Waals surface area contributed by atoms with Crippen molar-refractivity contribution in [3.05, 3.63) is 46.2 Å². The van der Waals surface area contributed by atoms with E-state index in [-0.39, 0.29) is 0 Å². The predicted octanol–water partition coefficient (Wildman–Crippen LogP) is 3.01. The Morgan fingerprint density at radius 1 is 1.25 bits per heavy atom. The molecule has 16 heavy (non-hydrogen) atoms. The summed E-state index contributed by atoms with van der Waals surface area (Å²) < 4.78 is 1.78. The number of hydrogen-bond acceptors (Lipinski definition) is 2. The summed E-state index contributed by atoms with van der Waals surface area (Å²) in [5.41, 5.74) is 3.26. The highest BCUT2D eigenvalue weighted by Crippen LogP contribution is 2.22. The predicted molar refractivity (Wildman–Crippen MR) is 62.8 cm³/mol. The van der Waals surface area contributed by atoms with E-state index in [4.69, 9.17) is 16.9 Å². The molecular weight excluding hydrogens is 222 g/mol. The smallest absolute Gasteiger partial charge is 0.0991 e. The molecular formula is C12H10ClN3. The first-order valence-electron chi connectivity index (χ1n) is 4.85. The standard InChI is InChI=1S/C12H10ClN3/c1-8-12(13)9(2)16(15-8)11-5-3-10(7-14)4-6-11/h3-6H,1-2H3. The fraction of sp³-hybridized carbons (Fsp3) is 0.167. The molecule has 2 rings (SSSR count). The molecule has 1 aromatic carbocycles. The van der Waals surface area contributed by atoms with Crippen LogP contribution in [0.5, 0.6) is 0 Å². The maximum atomic E-state index is 8.71. The van der Waals surface area contributed by atoms with Crippen LogP contribution in [0.15, 0.2) is 24.3 Å². The van der Waals surface area contributed by atoms with Crippen LogP contribution in [0.1, 0.15) is 17.0 Å². The number of hydrogen-bond donors (Lipinski definition) is 0. The molecule has 0 bridgehead atoms. The Hall–Kier alpha value is -1.79. The summed E-state index contributed by atoms with van der Waals surface area (Å²) in [4.78, 5) is 0. The summed E-state index contributed by atoms with van der Waals surface area (Å²) in [6.45, 7) is 3.79. The summed E-state index contributed by atoms with van der Waals surface area (Å²) in [7, 11) is 0. The Balaban J connectivity index is 2.51. The lowest BCUT2D eigenvalue weighted by atomic mass is 10.2. The second kappa shape index (κ2) is 3.99. The number of nitriles is 1. The first kappa shape index (κ1) is 10.7. The number of nitrogens with zero attached hydrogens (tertiary/aromatic N) is 3. The molecule has 2 aromatic rings. The lowest BCUT2D eigenvalue weighted by Crippen LogP contribution is -1.98. The number of rotatable bonds is 1. The molecule has 0 saturated heterocycles. The van der Waals surface area contributed by atoms with E-state index in [1.54, 1.807) is 16.8 Å². The van der Waals surface area contributed by atoms with Crippen LogP contribution in [-0.4, -0.2) is 9.78 Å². The van der Waals surface area contributed by atoms with Crippen LogP contribution in [0.3, 0.4) is 0 Å². The van der Waals surface area contributed by atoms with Gasteiger partial charge in [-0.1, -0.05) is 11.6 Å². The van der Waals surface area contributed by atoms with Crippen molar-refractivity contribution in [2.75, 3.05) is 0 Å². The molecule has 0 spiro atoms. The van der Waals surface area contributed by atoms with Gasteiger partial charge in [-0.2, -0.15) is 10.4 Å². The van der Waals surface area contributed by atoms with E-state index in [1.807, 2.05) is 26.0 Å². The zero-order valence-electron chi connectivity index (χ0n) is 9.03. The zero-order chi connectivity index (χ0) is 11.7. The molecule has 80 valence electrons. The normalized spacial score (nSPS) is 10.1. The number of benzene rings is 1. The number of aryl methyl sites for hydroxylation is 1. The van der Waals surface area contributed by atoms with Gasteiger partial charge in [0.2, 0.25) is 0 Å². The Morgan fingerprint density at radius 3 is 2.31 bits per heavy atom. The number of aromatic nitrogens is 2. The minimum atomic E-state index is 0.636. The third-order valence-corrected chi connectivity index (χ3v) is 2.99. The van der Waals surface area contributed by atoms with Crippen LogP contribution in [-0.2, 0) is 0 Å². The Labute approximate surface area is 98.9 Å². The first-order chi connectivity index (χ1) is 7.63. The molecule has 0 aliphatic carbocycles. The second-order valence-electron chi connectivity index (χ2n) is 3.56. The van der Waals surface area contributed by atoms with Crippen molar-refractivity contribution in [2.45, 2.75) is 13.8 Å². The number of halogens is 1. The summed E-state index contributed by atoms with van der Waals surface area (Å²) in [5.74, 6) is 0. The molecule has 0 aliphatic heterocycles. The maximum Gasteiger partial charge on any atom is 0.0991 e. The van der Waals surface area contributed by atoms with Crippen LogP contribution in [0.25, 0.3) is 5.69 Å². The van der Waals surface area contributed by atoms with Gasteiger partial charge in [-0.05, 0) is 38.1 Å². The van der Waals surface area contributed by atoms with E-state index in [1.165, 1.54) is 0 Å². The molecule has 0 fully saturated rings. The fourth-order valence-corrected chi connectivity index (χ4v) is 1.67. The lowest BCUT2D eigenvalue weighted by Gasteiger charge is -2.03. The Morgan fingerprint density at radius 2 is 1.88 bits per heavy atom. The molecule has 0 saturated carbocycles. The van der Waals surface area contributed by atoms with Gasteiger partial charge in [-0.25, -0.2) is 4.68 Å². The van der Waals surface area contributed by atoms with Crippen molar-refractivity contribution < 1.29 is 0 Å². The topological polar surface area (TPSA) is 41.6 Å². The molecule has 1 heterocycles. The van der Waals surface area contributed by atoms with Gasteiger partial charge in [0.25, 0.3) is 0 Å². The van der Waals surface area contributed by atoms with Crippen molar-refractivity contribution in [1.29, 1.82) is 5.26 Å². The van der Waals surface area contributed by atoms with Crippen molar-refractivity contribution >= 4 is 11.6 Å². The Bertz CT molecular complexity index is 561. The lowest BCUT2D eigenvalue weighted by molar-refractivity contribution is 0.833. The fourth-order valence-electron chi connectivity index (χ4n) is 1.55. The molecule has 3 nitrogen and oxygen atoms in total. The zero-order valence-corrected chi connectivity index (χ0v) is 9.78. The van der Waals surface area contributed by atoms with Gasteiger partial charge in [-0.3, -0.25) is 0 Å². The molecule has 0 atom stereocenters. The van der Waals surface area contributed by atoms with Gasteiger partial charge in [-0.15, -0.1) is 0 Å². The van der Waals surface area contributed by atoms with Crippen LogP contribution in [0.2, 0.25) is 5.02 Å². The van der Waals surface area contributed by atoms with E-state index < -0.39 is 0 Å². The van der Waals surface area contributed by atoms with Gasteiger partial charge in [0, 0.05) is 0 Å². The van der Waals surface area contributed by atoms with E-state index in [0.717, 1.165) is 17.1 Å². The molecule has 4 heteroatoms. The van der Waals surface area contributed by atoms with Gasteiger partial charge in [0.05, 0.1) is 33.7 Å². The van der Waals surface area contributed by atoms with Crippen LogP contribution < -0.4 is 0 Å². The highest BCUT2D eigenvalue weighted by molar-refractivity contribution is 6.31. The van der Waals surface area contributed by atoms with Crippen molar-refractivity contribution in [1.82, 2.24) is 9.78 Å². The summed E-state index contributed by atoms with van der Waals surface area (Å²) in [5, 5.41) is 13.7. The minimum Gasteiger partial charge on any atom is -0.236 e. The molecule has 1 aromatic heterocycles. The third-order valence-electron chi connectivity index (χ3n) is 2.44. The minimum absolute atomic E-state index is 0.636. The first-order valence-corrected chi connectivity index (χ1v) is 5.23. The largest absolute Gasteiger partial charge is 0.236 e. The van der Waals surface area contributed by atoms with Gasteiger partial charge in [0.1, 0.15) is 0 Å². The molecule has 0 unspecified atom stereocenters. The Kier molecular flexibility index (Phi) is 2.67. The van der Waals surface area contributed by atoms with E-state index in [0.29, 0.717) is 10.6 Å². The monoisotopic (exact) mass is 231 g/mol. The molecule has 0 amide bonds. The SMILES string of the molecule is Cc1nn(-c2ccc(C#N)cc2)c(C)c1Cl. The van der Waals surface area contributed by atoms with E-state index in [9.17, 15) is 0 Å². The van der Waals surface area contributed by atoms with Crippen LogP contribution in [0, 0.1) is 25.2 Å². The molecule has 0 radical (unpaired) electrons. The van der Waals surface area contributed by atoms with Crippen molar-refractivity contribution in [2.24, 2.45) is 0 Å². The molecule has 0 N–H and O–H groups in total. The highest BCUT2D eigenvalue weighted by atomic mass is 35.5. The van der Waals surface area contributed by atoms with E-state index in [2.05, 4.69) is 11.2 Å². The van der Waals surface area contributed by atoms with Gasteiger partial charge < -0.3 is 0 Å². The van der Waals surface area contributed by atoms with Crippen LogP contribution >= 0.6 is 11.6 Å². The molecule has 0 aliphatic rings.